The Morgan fingerprint density at radius 3 is 2.70 bits per heavy atom. The van der Waals surface area contributed by atoms with Crippen molar-refractivity contribution in [1.82, 2.24) is 10.6 Å². The number of carbonyl (C=O) groups is 1. The largest absolute Gasteiger partial charge is 0.383 e. The van der Waals surface area contributed by atoms with Crippen molar-refractivity contribution in [1.29, 1.82) is 0 Å². The van der Waals surface area contributed by atoms with Gasteiger partial charge in [-0.15, -0.1) is 12.4 Å². The molecule has 5 heteroatoms. The number of rotatable bonds is 8. The first-order valence-electron chi connectivity index (χ1n) is 6.69. The van der Waals surface area contributed by atoms with Crippen molar-refractivity contribution in [2.75, 3.05) is 33.4 Å². The Morgan fingerprint density at radius 1 is 1.30 bits per heavy atom. The Hall–Kier alpha value is -1.10. The van der Waals surface area contributed by atoms with Crippen molar-refractivity contribution in [3.63, 3.8) is 0 Å². The Kier molecular flexibility index (Phi) is 10.1. The third-order valence-electron chi connectivity index (χ3n) is 3.02. The highest BCUT2D eigenvalue weighted by Gasteiger charge is 2.14. The Bertz CT molecular complexity index is 399. The lowest BCUT2D eigenvalue weighted by Gasteiger charge is -2.13. The van der Waals surface area contributed by atoms with Gasteiger partial charge in [0, 0.05) is 26.7 Å². The second kappa shape index (κ2) is 10.7. The number of aryl methyl sites for hydroxylation is 1. The van der Waals surface area contributed by atoms with E-state index in [4.69, 9.17) is 4.74 Å². The number of hydrogen-bond acceptors (Lipinski definition) is 3. The van der Waals surface area contributed by atoms with Gasteiger partial charge in [0.1, 0.15) is 0 Å². The van der Waals surface area contributed by atoms with E-state index in [1.165, 1.54) is 5.56 Å². The lowest BCUT2D eigenvalue weighted by molar-refractivity contribution is -0.122. The molecule has 0 aromatic heterocycles. The number of carbonyl (C=O) groups excluding carboxylic acids is 1. The summed E-state index contributed by atoms with van der Waals surface area (Å²) in [6.07, 6.45) is 0. The van der Waals surface area contributed by atoms with Gasteiger partial charge < -0.3 is 15.4 Å². The van der Waals surface area contributed by atoms with E-state index in [0.29, 0.717) is 13.2 Å². The molecule has 0 radical (unpaired) electrons. The van der Waals surface area contributed by atoms with Crippen molar-refractivity contribution in [2.24, 2.45) is 0 Å². The predicted octanol–water partition coefficient (Wildman–Crippen LogP) is 1.87. The number of methoxy groups -OCH3 is 1. The predicted molar refractivity (Wildman–Crippen MR) is 84.6 cm³/mol. The van der Waals surface area contributed by atoms with Crippen LogP contribution >= 0.6 is 12.4 Å². The number of amides is 1. The summed E-state index contributed by atoms with van der Waals surface area (Å²) in [5.41, 5.74) is 2.24. The van der Waals surface area contributed by atoms with Gasteiger partial charge in [-0.3, -0.25) is 4.79 Å². The fourth-order valence-electron chi connectivity index (χ4n) is 1.82. The van der Waals surface area contributed by atoms with Crippen molar-refractivity contribution in [3.8, 4) is 0 Å². The molecule has 1 amide bonds. The van der Waals surface area contributed by atoms with Gasteiger partial charge in [-0.05, 0) is 19.4 Å². The van der Waals surface area contributed by atoms with Gasteiger partial charge in [0.25, 0.3) is 0 Å². The first-order valence-corrected chi connectivity index (χ1v) is 6.69. The molecular formula is C15H25ClN2O2. The molecule has 2 N–H and O–H groups in total. The molecule has 0 fully saturated rings. The Balaban J connectivity index is 0.00000361. The Labute approximate surface area is 127 Å². The summed E-state index contributed by atoms with van der Waals surface area (Å²) in [7, 11) is 1.67. The molecule has 1 rings (SSSR count). The molecule has 0 aliphatic rings. The van der Waals surface area contributed by atoms with Crippen LogP contribution in [0, 0.1) is 6.92 Å². The molecule has 20 heavy (non-hydrogen) atoms. The van der Waals surface area contributed by atoms with Crippen LogP contribution < -0.4 is 10.6 Å². The van der Waals surface area contributed by atoms with Crippen LogP contribution in [0.3, 0.4) is 0 Å². The minimum atomic E-state index is -0.112. The molecule has 114 valence electrons. The minimum Gasteiger partial charge on any atom is -0.383 e. The third kappa shape index (κ3) is 6.89. The highest BCUT2D eigenvalue weighted by molar-refractivity contribution is 5.85. The minimum absolute atomic E-state index is 0. The monoisotopic (exact) mass is 300 g/mol. The summed E-state index contributed by atoms with van der Waals surface area (Å²) in [6, 6.07) is 8.07. The number of hydrogen-bond donors (Lipinski definition) is 2. The number of ether oxygens (including phenoxy) is 1. The van der Waals surface area contributed by atoms with Gasteiger partial charge in [-0.2, -0.15) is 0 Å². The first-order chi connectivity index (χ1) is 9.15. The molecule has 4 nitrogen and oxygen atoms in total. The zero-order valence-corrected chi connectivity index (χ0v) is 13.3. The molecule has 0 bridgehead atoms. The summed E-state index contributed by atoms with van der Waals surface area (Å²) in [4.78, 5) is 12.0. The highest BCUT2D eigenvalue weighted by atomic mass is 35.5. The van der Waals surface area contributed by atoms with E-state index in [-0.39, 0.29) is 24.2 Å². The molecule has 1 unspecified atom stereocenters. The zero-order valence-electron chi connectivity index (χ0n) is 12.4. The van der Waals surface area contributed by atoms with Crippen molar-refractivity contribution < 1.29 is 9.53 Å². The molecule has 1 aromatic rings. The first kappa shape index (κ1) is 18.9. The van der Waals surface area contributed by atoms with E-state index in [2.05, 4.69) is 16.7 Å². The van der Waals surface area contributed by atoms with Crippen LogP contribution in [0.2, 0.25) is 0 Å². The average molecular weight is 301 g/mol. The van der Waals surface area contributed by atoms with Gasteiger partial charge in [0.05, 0.1) is 12.5 Å². The molecule has 1 atom stereocenters. The maximum atomic E-state index is 12.0. The molecular weight excluding hydrogens is 276 g/mol. The molecule has 0 aliphatic heterocycles. The summed E-state index contributed by atoms with van der Waals surface area (Å²) in [5.74, 6) is -0.0435. The summed E-state index contributed by atoms with van der Waals surface area (Å²) < 4.78 is 4.93. The SMILES string of the molecule is COCCNCCNC(=O)C(C)c1cccc(C)c1.Cl. The lowest BCUT2D eigenvalue weighted by Crippen LogP contribution is -2.35. The molecule has 0 heterocycles. The fourth-order valence-corrected chi connectivity index (χ4v) is 1.82. The zero-order chi connectivity index (χ0) is 14.1. The highest BCUT2D eigenvalue weighted by Crippen LogP contribution is 2.16. The summed E-state index contributed by atoms with van der Waals surface area (Å²) in [6.45, 7) is 6.86. The quantitative estimate of drug-likeness (QED) is 0.721. The van der Waals surface area contributed by atoms with Gasteiger partial charge in [0.2, 0.25) is 5.91 Å². The van der Waals surface area contributed by atoms with Crippen LogP contribution in [0.15, 0.2) is 24.3 Å². The number of nitrogens with one attached hydrogen (secondary N) is 2. The van der Waals surface area contributed by atoms with Gasteiger partial charge in [-0.1, -0.05) is 29.8 Å². The molecule has 0 saturated heterocycles. The van der Waals surface area contributed by atoms with E-state index in [1.54, 1.807) is 7.11 Å². The van der Waals surface area contributed by atoms with Crippen LogP contribution in [0.25, 0.3) is 0 Å². The van der Waals surface area contributed by atoms with E-state index in [0.717, 1.165) is 18.7 Å². The van der Waals surface area contributed by atoms with Crippen LogP contribution in [-0.4, -0.2) is 39.3 Å². The van der Waals surface area contributed by atoms with E-state index < -0.39 is 0 Å². The lowest BCUT2D eigenvalue weighted by atomic mass is 9.99. The number of benzene rings is 1. The Morgan fingerprint density at radius 2 is 2.05 bits per heavy atom. The van der Waals surface area contributed by atoms with Crippen LogP contribution in [0.1, 0.15) is 24.0 Å². The van der Waals surface area contributed by atoms with Crippen molar-refractivity contribution in [3.05, 3.63) is 35.4 Å². The maximum Gasteiger partial charge on any atom is 0.227 e. The standard InChI is InChI=1S/C15H24N2O2.ClH/c1-12-5-4-6-14(11-12)13(2)15(18)17-8-7-16-9-10-19-3;/h4-6,11,13,16H,7-10H2,1-3H3,(H,17,18);1H. The van der Waals surface area contributed by atoms with Crippen LogP contribution in [-0.2, 0) is 9.53 Å². The van der Waals surface area contributed by atoms with Gasteiger partial charge in [-0.25, -0.2) is 0 Å². The second-order valence-corrected chi connectivity index (χ2v) is 4.67. The topological polar surface area (TPSA) is 50.4 Å². The van der Waals surface area contributed by atoms with E-state index in [1.807, 2.05) is 32.0 Å². The molecule has 0 aliphatic carbocycles. The van der Waals surface area contributed by atoms with Crippen molar-refractivity contribution >= 4 is 18.3 Å². The van der Waals surface area contributed by atoms with Crippen LogP contribution in [0.5, 0.6) is 0 Å². The van der Waals surface area contributed by atoms with E-state index >= 15 is 0 Å². The molecule has 0 spiro atoms. The van der Waals surface area contributed by atoms with Gasteiger partial charge in [0.15, 0.2) is 0 Å². The second-order valence-electron chi connectivity index (χ2n) is 4.67. The summed E-state index contributed by atoms with van der Waals surface area (Å²) in [5, 5.41) is 6.12. The van der Waals surface area contributed by atoms with Crippen LogP contribution in [0.4, 0.5) is 0 Å². The fraction of sp³-hybridized carbons (Fsp3) is 0.533. The van der Waals surface area contributed by atoms with Crippen molar-refractivity contribution in [2.45, 2.75) is 19.8 Å². The smallest absolute Gasteiger partial charge is 0.227 e. The third-order valence-corrected chi connectivity index (χ3v) is 3.02. The average Bonchev–Trinajstić information content (AvgIpc) is 2.41. The maximum absolute atomic E-state index is 12.0. The summed E-state index contributed by atoms with van der Waals surface area (Å²) >= 11 is 0. The number of halogens is 1. The molecule has 1 aromatic carbocycles. The van der Waals surface area contributed by atoms with Gasteiger partial charge >= 0.3 is 0 Å². The normalized spacial score (nSPS) is 11.6. The molecule has 0 saturated carbocycles. The van der Waals surface area contributed by atoms with E-state index in [9.17, 15) is 4.79 Å².